The lowest BCUT2D eigenvalue weighted by Gasteiger charge is -2.54. The number of nitro benzene ring substituents is 1. The molecular formula is C27H31N3O11. The van der Waals surface area contributed by atoms with Crippen LogP contribution in [0.25, 0.3) is 5.76 Å². The van der Waals surface area contributed by atoms with Gasteiger partial charge in [0, 0.05) is 23.5 Å². The fraction of sp³-hybridized carbons (Fsp3) is 0.519. The van der Waals surface area contributed by atoms with Gasteiger partial charge in [0.1, 0.15) is 17.1 Å². The summed E-state index contributed by atoms with van der Waals surface area (Å²) >= 11 is 0. The van der Waals surface area contributed by atoms with Crippen molar-refractivity contribution in [1.82, 2.24) is 4.90 Å². The molecule has 1 amide bonds. The second-order valence-electron chi connectivity index (χ2n) is 11.3. The molecule has 2 fully saturated rings. The summed E-state index contributed by atoms with van der Waals surface area (Å²) in [6.45, 7) is -0.138. The highest BCUT2D eigenvalue weighted by atomic mass is 16.6. The fourth-order valence-corrected chi connectivity index (χ4v) is 7.06. The number of ketones is 2. The molecule has 14 nitrogen and oxygen atoms in total. The van der Waals surface area contributed by atoms with Gasteiger partial charge in [-0.15, -0.1) is 0 Å². The number of primary amides is 1. The maximum atomic E-state index is 14.2. The molecule has 0 radical (unpaired) electrons. The molecule has 0 heterocycles. The van der Waals surface area contributed by atoms with Gasteiger partial charge in [0.15, 0.2) is 11.4 Å². The maximum absolute atomic E-state index is 14.2. The molecule has 14 heteroatoms. The van der Waals surface area contributed by atoms with Gasteiger partial charge in [0.05, 0.1) is 41.3 Å². The molecule has 6 unspecified atom stereocenters. The molecule has 5 rings (SSSR count). The number of aliphatic hydroxyl groups is 4. The number of benzene rings is 1. The minimum absolute atomic E-state index is 0.138. The zero-order chi connectivity index (χ0) is 30.1. The molecule has 0 saturated heterocycles. The molecule has 6 atom stereocenters. The Bertz CT molecular complexity index is 1430. The lowest BCUT2D eigenvalue weighted by molar-refractivity contribution is -0.385. The van der Waals surface area contributed by atoms with Crippen molar-refractivity contribution in [2.45, 2.75) is 55.5 Å². The molecule has 4 aliphatic carbocycles. The number of nitrogens with zero attached hydrogens (tertiary/aromatic N) is 2. The Labute approximate surface area is 233 Å². The summed E-state index contributed by atoms with van der Waals surface area (Å²) in [6, 6.07) is 0.825. The van der Waals surface area contributed by atoms with E-state index < -0.39 is 97.6 Å². The number of nitrogens with two attached hydrogens (primary N) is 1. The molecule has 0 spiro atoms. The second-order valence-corrected chi connectivity index (χ2v) is 11.3. The van der Waals surface area contributed by atoms with Gasteiger partial charge < -0.3 is 36.0 Å². The number of likely N-dealkylation sites (N-methyl/N-ethyl adjacent to an activating group) is 1. The maximum Gasteiger partial charge on any atom is 0.311 e. The van der Waals surface area contributed by atoms with Crippen molar-refractivity contribution >= 4 is 28.9 Å². The highest BCUT2D eigenvalue weighted by Gasteiger charge is 2.68. The number of rotatable bonds is 6. The molecular weight excluding hydrogens is 542 g/mol. The van der Waals surface area contributed by atoms with E-state index >= 15 is 0 Å². The molecule has 4 aliphatic rings. The van der Waals surface area contributed by atoms with Crippen molar-refractivity contribution < 1.29 is 49.6 Å². The van der Waals surface area contributed by atoms with Gasteiger partial charge in [0.2, 0.25) is 11.5 Å². The van der Waals surface area contributed by atoms with E-state index in [0.717, 1.165) is 31.7 Å². The Morgan fingerprint density at radius 3 is 2.39 bits per heavy atom. The van der Waals surface area contributed by atoms with Crippen LogP contribution in [-0.4, -0.2) is 97.4 Å². The molecule has 1 aromatic carbocycles. The molecule has 0 aliphatic heterocycles. The molecule has 0 bridgehead atoms. The van der Waals surface area contributed by atoms with Crippen LogP contribution < -0.4 is 5.73 Å². The van der Waals surface area contributed by atoms with E-state index in [1.54, 1.807) is 0 Å². The van der Waals surface area contributed by atoms with Crippen molar-refractivity contribution in [1.29, 1.82) is 0 Å². The van der Waals surface area contributed by atoms with Crippen molar-refractivity contribution in [3.63, 3.8) is 0 Å². The third-order valence-electron chi connectivity index (χ3n) is 8.92. The van der Waals surface area contributed by atoms with E-state index in [9.17, 15) is 50.0 Å². The third-order valence-corrected chi connectivity index (χ3v) is 8.92. The third kappa shape index (κ3) is 3.96. The summed E-state index contributed by atoms with van der Waals surface area (Å²) in [5.41, 5.74) is -0.501. The first-order valence-electron chi connectivity index (χ1n) is 13.2. The van der Waals surface area contributed by atoms with Gasteiger partial charge >= 0.3 is 5.69 Å². The standard InChI is InChI=1S/C27H31N3O11/c1-29(2)19-18-22(33)14-12(9-41-10-5-3-4-6-10)11-7-8-13(30(39)40)20(31)15(11)21(32)16(14)24(35)27(18,38)25(36)17(23(19)34)26(28)37/h7-8,10,12,14,18-19,22,31-33,36,38H,3-6,9H2,1-2H3,(H2,28,37). The lowest BCUT2D eigenvalue weighted by Crippen LogP contribution is -2.70. The van der Waals surface area contributed by atoms with E-state index in [0.29, 0.717) is 0 Å². The molecule has 1 aromatic rings. The highest BCUT2D eigenvalue weighted by molar-refractivity contribution is 6.24. The summed E-state index contributed by atoms with van der Waals surface area (Å²) in [4.78, 5) is 51.6. The Hall–Kier alpha value is -3.85. The smallest absolute Gasteiger partial charge is 0.311 e. The van der Waals surface area contributed by atoms with Crippen LogP contribution in [0.3, 0.4) is 0 Å². The minimum atomic E-state index is -3.09. The first-order valence-corrected chi connectivity index (χ1v) is 13.2. The molecule has 2 saturated carbocycles. The van der Waals surface area contributed by atoms with Crippen LogP contribution in [0.15, 0.2) is 29.0 Å². The van der Waals surface area contributed by atoms with E-state index in [-0.39, 0.29) is 18.3 Å². The average molecular weight is 574 g/mol. The van der Waals surface area contributed by atoms with Crippen molar-refractivity contribution in [2.24, 2.45) is 17.6 Å². The number of aliphatic hydroxyl groups excluding tert-OH is 3. The predicted octanol–water partition coefficient (Wildman–Crippen LogP) is 0.343. The number of phenols is 1. The lowest BCUT2D eigenvalue weighted by atomic mass is 9.54. The van der Waals surface area contributed by atoms with Crippen LogP contribution in [0.4, 0.5) is 5.69 Å². The number of carbonyl (C=O) groups is 3. The van der Waals surface area contributed by atoms with Crippen molar-refractivity contribution in [3.8, 4) is 5.75 Å². The Morgan fingerprint density at radius 2 is 1.83 bits per heavy atom. The Kier molecular flexibility index (Phi) is 6.93. The molecule has 0 aromatic heterocycles. The number of nitro groups is 1. The summed E-state index contributed by atoms with van der Waals surface area (Å²) in [6.07, 6.45) is 1.46. The minimum Gasteiger partial charge on any atom is -0.508 e. The highest BCUT2D eigenvalue weighted by Crippen LogP contribution is 2.57. The van der Waals surface area contributed by atoms with Crippen molar-refractivity contribution in [2.75, 3.05) is 20.7 Å². The largest absolute Gasteiger partial charge is 0.508 e. The fourth-order valence-electron chi connectivity index (χ4n) is 7.06. The summed E-state index contributed by atoms with van der Waals surface area (Å²) in [7, 11) is 2.83. The van der Waals surface area contributed by atoms with Crippen LogP contribution >= 0.6 is 0 Å². The molecule has 7 N–H and O–H groups in total. The summed E-state index contributed by atoms with van der Waals surface area (Å²) in [5, 5.41) is 68.5. The van der Waals surface area contributed by atoms with Crippen molar-refractivity contribution in [3.05, 3.63) is 50.3 Å². The zero-order valence-corrected chi connectivity index (χ0v) is 22.3. The summed E-state index contributed by atoms with van der Waals surface area (Å²) < 4.78 is 6.11. The first-order chi connectivity index (χ1) is 19.2. The monoisotopic (exact) mass is 573 g/mol. The Morgan fingerprint density at radius 1 is 1.20 bits per heavy atom. The number of amides is 1. The number of phenolic OH excluding ortho intramolecular Hbond substituents is 1. The zero-order valence-electron chi connectivity index (χ0n) is 22.3. The van der Waals surface area contributed by atoms with Crippen LogP contribution in [0, 0.1) is 22.0 Å². The number of aromatic hydroxyl groups is 1. The number of hydrogen-bond donors (Lipinski definition) is 6. The van der Waals surface area contributed by atoms with Gasteiger partial charge in [-0.1, -0.05) is 18.9 Å². The average Bonchev–Trinajstić information content (AvgIpc) is 3.41. The normalized spacial score (nSPS) is 31.8. The van der Waals surface area contributed by atoms with E-state index in [1.165, 1.54) is 25.1 Å². The Balaban J connectivity index is 1.77. The van der Waals surface area contributed by atoms with Gasteiger partial charge in [-0.25, -0.2) is 0 Å². The molecule has 220 valence electrons. The quantitative estimate of drug-likeness (QED) is 0.154. The summed E-state index contributed by atoms with van der Waals surface area (Å²) in [5.74, 6) is -11.1. The van der Waals surface area contributed by atoms with Gasteiger partial charge in [0.25, 0.3) is 5.91 Å². The second kappa shape index (κ2) is 9.91. The van der Waals surface area contributed by atoms with Crippen LogP contribution in [-0.2, 0) is 19.1 Å². The van der Waals surface area contributed by atoms with Gasteiger partial charge in [-0.05, 0) is 32.5 Å². The molecule has 41 heavy (non-hydrogen) atoms. The van der Waals surface area contributed by atoms with Crippen LogP contribution in [0.5, 0.6) is 5.75 Å². The number of carbonyl (C=O) groups excluding carboxylic acids is 3. The van der Waals surface area contributed by atoms with Gasteiger partial charge in [-0.2, -0.15) is 0 Å². The SMILES string of the molecule is CN(C)C1C(=O)C(C(N)=O)=C(O)C2(O)C(=O)C3=C(O)c4c(ccc([N+](=O)[O-])c4O)C(COC4CCCC4)C3C(O)C12. The number of Topliss-reactive ketones (excluding diaryl/α,β-unsaturated/α-hetero) is 2. The van der Waals surface area contributed by atoms with E-state index in [2.05, 4.69) is 0 Å². The van der Waals surface area contributed by atoms with Gasteiger partial charge in [-0.3, -0.25) is 29.4 Å². The van der Waals surface area contributed by atoms with Crippen LogP contribution in [0.1, 0.15) is 42.7 Å². The topological polar surface area (TPSA) is 234 Å². The van der Waals surface area contributed by atoms with Crippen LogP contribution in [0.2, 0.25) is 0 Å². The predicted molar refractivity (Wildman–Crippen MR) is 140 cm³/mol. The number of ether oxygens (including phenoxy) is 1. The number of fused-ring (bicyclic) bond motifs is 3. The number of hydrogen-bond acceptors (Lipinski definition) is 12. The first kappa shape index (κ1) is 28.7. The van der Waals surface area contributed by atoms with E-state index in [4.69, 9.17) is 10.5 Å². The van der Waals surface area contributed by atoms with E-state index in [1.807, 2.05) is 0 Å².